The maximum absolute atomic E-state index is 6.07. The molecule has 3 heterocycles. The van der Waals surface area contributed by atoms with Crippen molar-refractivity contribution in [2.75, 3.05) is 53.7 Å². The molecule has 4 rings (SSSR count). The number of hydrogen-bond donors (Lipinski definition) is 0. The average molecular weight is 409 g/mol. The molecule has 0 N–H and O–H groups in total. The molecule has 1 aliphatic heterocycles. The Balaban J connectivity index is 1.61. The highest BCUT2D eigenvalue weighted by Crippen LogP contribution is 2.41. The number of pyridine rings is 2. The van der Waals surface area contributed by atoms with E-state index in [-0.39, 0.29) is 0 Å². The van der Waals surface area contributed by atoms with Crippen molar-refractivity contribution in [1.82, 2.24) is 14.9 Å². The van der Waals surface area contributed by atoms with E-state index in [2.05, 4.69) is 9.88 Å². The topological polar surface area (TPSA) is 65.9 Å². The fourth-order valence-electron chi connectivity index (χ4n) is 3.66. The highest BCUT2D eigenvalue weighted by atomic mass is 16.5. The molecule has 1 saturated heterocycles. The number of methoxy groups -OCH3 is 2. The second-order valence-corrected chi connectivity index (χ2v) is 7.18. The molecule has 158 valence electrons. The van der Waals surface area contributed by atoms with Crippen LogP contribution in [0.4, 0.5) is 0 Å². The van der Waals surface area contributed by atoms with Crippen molar-refractivity contribution < 1.29 is 18.9 Å². The summed E-state index contributed by atoms with van der Waals surface area (Å²) in [6.07, 6.45) is 1.79. The molecule has 0 bridgehead atoms. The van der Waals surface area contributed by atoms with Gasteiger partial charge in [-0.3, -0.25) is 14.9 Å². The molecule has 0 saturated carbocycles. The van der Waals surface area contributed by atoms with Gasteiger partial charge in [-0.2, -0.15) is 0 Å². The largest absolute Gasteiger partial charge is 0.493 e. The van der Waals surface area contributed by atoms with Crippen LogP contribution in [0.5, 0.6) is 17.2 Å². The van der Waals surface area contributed by atoms with E-state index in [1.54, 1.807) is 20.4 Å². The zero-order chi connectivity index (χ0) is 20.9. The highest BCUT2D eigenvalue weighted by Gasteiger charge is 2.18. The summed E-state index contributed by atoms with van der Waals surface area (Å²) in [6.45, 7) is 6.76. The van der Waals surface area contributed by atoms with Gasteiger partial charge >= 0.3 is 0 Å². The summed E-state index contributed by atoms with van der Waals surface area (Å²) >= 11 is 0. The van der Waals surface area contributed by atoms with Crippen molar-refractivity contribution in [2.24, 2.45) is 0 Å². The number of nitrogens with zero attached hydrogens (tertiary/aromatic N) is 3. The molecule has 1 aromatic carbocycles. The lowest BCUT2D eigenvalue weighted by Crippen LogP contribution is -2.38. The first-order valence-electron chi connectivity index (χ1n) is 10.1. The van der Waals surface area contributed by atoms with Gasteiger partial charge < -0.3 is 18.9 Å². The molecule has 0 unspecified atom stereocenters. The van der Waals surface area contributed by atoms with Gasteiger partial charge in [0.1, 0.15) is 6.61 Å². The summed E-state index contributed by atoms with van der Waals surface area (Å²) in [5.74, 6) is 1.84. The molecule has 0 atom stereocenters. The number of morpholine rings is 1. The molecular formula is C23H27N3O4. The first-order chi connectivity index (χ1) is 14.7. The summed E-state index contributed by atoms with van der Waals surface area (Å²) < 4.78 is 22.7. The molecule has 0 spiro atoms. The molecular weight excluding hydrogens is 382 g/mol. The van der Waals surface area contributed by atoms with Gasteiger partial charge in [-0.25, -0.2) is 0 Å². The quantitative estimate of drug-likeness (QED) is 0.593. The Hall–Kier alpha value is -2.90. The summed E-state index contributed by atoms with van der Waals surface area (Å²) in [5.41, 5.74) is 3.54. The summed E-state index contributed by atoms with van der Waals surface area (Å²) in [5, 5.41) is 1.04. The maximum atomic E-state index is 6.07. The molecule has 0 amide bonds. The van der Waals surface area contributed by atoms with Gasteiger partial charge in [0.15, 0.2) is 11.5 Å². The van der Waals surface area contributed by atoms with Crippen LogP contribution < -0.4 is 14.2 Å². The number of benzene rings is 1. The van der Waals surface area contributed by atoms with Crippen molar-refractivity contribution in [3.8, 4) is 28.5 Å². The fraction of sp³-hybridized carbons (Fsp3) is 0.391. The van der Waals surface area contributed by atoms with Crippen molar-refractivity contribution in [3.05, 3.63) is 42.2 Å². The van der Waals surface area contributed by atoms with Gasteiger partial charge in [0.25, 0.3) is 0 Å². The van der Waals surface area contributed by atoms with Crippen LogP contribution in [0.25, 0.3) is 22.2 Å². The molecule has 2 aromatic heterocycles. The van der Waals surface area contributed by atoms with Gasteiger partial charge in [0.05, 0.1) is 38.6 Å². The molecule has 1 aliphatic rings. The van der Waals surface area contributed by atoms with Gasteiger partial charge in [-0.1, -0.05) is 0 Å². The van der Waals surface area contributed by atoms with E-state index in [1.165, 1.54) is 0 Å². The monoisotopic (exact) mass is 409 g/mol. The molecule has 30 heavy (non-hydrogen) atoms. The number of fused-ring (bicyclic) bond motifs is 1. The SMILES string of the molecule is COc1cc(-c2cc3ncccc3c(C)n2)cc(OC)c1OCCN1CCOCC1. The third kappa shape index (κ3) is 4.32. The van der Waals surface area contributed by atoms with Crippen LogP contribution in [0.15, 0.2) is 36.5 Å². The van der Waals surface area contributed by atoms with Crippen LogP contribution in [-0.2, 0) is 4.74 Å². The molecule has 1 fully saturated rings. The third-order valence-corrected chi connectivity index (χ3v) is 5.30. The minimum absolute atomic E-state index is 0.545. The smallest absolute Gasteiger partial charge is 0.203 e. The number of ether oxygens (including phenoxy) is 4. The standard InChI is InChI=1S/C23H27N3O4/c1-16-18-5-4-6-24-20(18)15-19(25-16)17-13-21(27-2)23(22(14-17)28-3)30-12-9-26-7-10-29-11-8-26/h4-6,13-15H,7-12H2,1-3H3. The van der Waals surface area contributed by atoms with Gasteiger partial charge in [0, 0.05) is 42.5 Å². The lowest BCUT2D eigenvalue weighted by molar-refractivity contribution is 0.0319. The highest BCUT2D eigenvalue weighted by molar-refractivity contribution is 5.85. The number of aryl methyl sites for hydroxylation is 1. The van der Waals surface area contributed by atoms with Crippen molar-refractivity contribution >= 4 is 10.9 Å². The Labute approximate surface area is 176 Å². The van der Waals surface area contributed by atoms with Crippen LogP contribution in [0.2, 0.25) is 0 Å². The van der Waals surface area contributed by atoms with Crippen molar-refractivity contribution in [1.29, 1.82) is 0 Å². The maximum Gasteiger partial charge on any atom is 0.203 e. The normalized spacial score (nSPS) is 14.6. The summed E-state index contributed by atoms with van der Waals surface area (Å²) in [4.78, 5) is 11.6. The van der Waals surface area contributed by atoms with Crippen LogP contribution in [-0.4, -0.2) is 68.5 Å². The molecule has 7 nitrogen and oxygen atoms in total. The molecule has 0 aliphatic carbocycles. The minimum atomic E-state index is 0.545. The van der Waals surface area contributed by atoms with Crippen molar-refractivity contribution in [2.45, 2.75) is 6.92 Å². The zero-order valence-electron chi connectivity index (χ0n) is 17.7. The van der Waals surface area contributed by atoms with E-state index in [4.69, 9.17) is 23.9 Å². The lowest BCUT2D eigenvalue weighted by Gasteiger charge is -2.26. The number of rotatable bonds is 7. The molecule has 0 radical (unpaired) electrons. The lowest BCUT2D eigenvalue weighted by atomic mass is 10.1. The Morgan fingerprint density at radius 2 is 1.80 bits per heavy atom. The van der Waals surface area contributed by atoms with E-state index in [1.807, 2.05) is 37.3 Å². The van der Waals surface area contributed by atoms with E-state index < -0.39 is 0 Å². The second-order valence-electron chi connectivity index (χ2n) is 7.18. The van der Waals surface area contributed by atoms with Crippen LogP contribution in [0.1, 0.15) is 5.69 Å². The van der Waals surface area contributed by atoms with Crippen molar-refractivity contribution in [3.63, 3.8) is 0 Å². The number of hydrogen-bond acceptors (Lipinski definition) is 7. The zero-order valence-corrected chi connectivity index (χ0v) is 17.7. The number of aromatic nitrogens is 2. The predicted octanol–water partition coefficient (Wildman–Crippen LogP) is 3.33. The van der Waals surface area contributed by atoms with E-state index >= 15 is 0 Å². The third-order valence-electron chi connectivity index (χ3n) is 5.30. The van der Waals surface area contributed by atoms with Crippen LogP contribution in [0.3, 0.4) is 0 Å². The Morgan fingerprint density at radius 3 is 2.50 bits per heavy atom. The van der Waals surface area contributed by atoms with E-state index in [0.717, 1.165) is 60.7 Å². The Bertz CT molecular complexity index is 993. The summed E-state index contributed by atoms with van der Waals surface area (Å²) in [7, 11) is 3.27. The minimum Gasteiger partial charge on any atom is -0.493 e. The van der Waals surface area contributed by atoms with Gasteiger partial charge in [-0.15, -0.1) is 0 Å². The first kappa shape index (κ1) is 20.4. The van der Waals surface area contributed by atoms with E-state index in [0.29, 0.717) is 23.9 Å². The fourth-order valence-corrected chi connectivity index (χ4v) is 3.66. The predicted molar refractivity (Wildman–Crippen MR) is 116 cm³/mol. The Morgan fingerprint density at radius 1 is 1.07 bits per heavy atom. The van der Waals surface area contributed by atoms with Gasteiger partial charge in [0.2, 0.25) is 5.75 Å². The Kier molecular flexibility index (Phi) is 6.30. The summed E-state index contributed by atoms with van der Waals surface area (Å²) in [6, 6.07) is 9.80. The van der Waals surface area contributed by atoms with Crippen LogP contribution >= 0.6 is 0 Å². The molecule has 7 heteroatoms. The van der Waals surface area contributed by atoms with Gasteiger partial charge in [-0.05, 0) is 37.3 Å². The second kappa shape index (κ2) is 9.28. The molecule has 3 aromatic rings. The average Bonchev–Trinajstić information content (AvgIpc) is 2.79. The first-order valence-corrected chi connectivity index (χ1v) is 10.1. The van der Waals surface area contributed by atoms with Crippen LogP contribution in [0, 0.1) is 6.92 Å². The van der Waals surface area contributed by atoms with E-state index in [9.17, 15) is 0 Å².